The van der Waals surface area contributed by atoms with Crippen molar-refractivity contribution >= 4 is 11.6 Å². The van der Waals surface area contributed by atoms with E-state index in [2.05, 4.69) is 5.32 Å². The fraction of sp³-hybridized carbons (Fsp3) is 0.250. The third-order valence-corrected chi connectivity index (χ3v) is 3.27. The molecule has 2 aromatic carbocycles. The highest BCUT2D eigenvalue weighted by Crippen LogP contribution is 2.36. The molecule has 0 aliphatic heterocycles. The Morgan fingerprint density at radius 2 is 1.95 bits per heavy atom. The maximum atomic E-state index is 13.5. The van der Waals surface area contributed by atoms with Crippen LogP contribution in [0.1, 0.15) is 12.5 Å². The van der Waals surface area contributed by atoms with Gasteiger partial charge in [0.1, 0.15) is 11.6 Å². The van der Waals surface area contributed by atoms with Crippen LogP contribution in [-0.2, 0) is 6.54 Å². The van der Waals surface area contributed by atoms with E-state index < -0.39 is 0 Å². The molecular weight excluding hydrogens is 277 g/mol. The molecule has 0 atom stereocenters. The van der Waals surface area contributed by atoms with Gasteiger partial charge in [-0.1, -0.05) is 17.7 Å². The highest BCUT2D eigenvalue weighted by Gasteiger charge is 2.12. The first-order valence-electron chi connectivity index (χ1n) is 6.51. The Hall–Kier alpha value is -1.58. The highest BCUT2D eigenvalue weighted by atomic mass is 35.5. The molecule has 2 aromatic rings. The minimum Gasteiger partial charge on any atom is -0.493 e. The largest absolute Gasteiger partial charge is 0.493 e. The van der Waals surface area contributed by atoms with Crippen molar-refractivity contribution in [2.24, 2.45) is 0 Å². The van der Waals surface area contributed by atoms with Gasteiger partial charge in [-0.3, -0.25) is 0 Å². The summed E-state index contributed by atoms with van der Waals surface area (Å²) in [4.78, 5) is 0. The third-order valence-electron chi connectivity index (χ3n) is 2.94. The van der Waals surface area contributed by atoms with Gasteiger partial charge >= 0.3 is 0 Å². The van der Waals surface area contributed by atoms with Crippen molar-refractivity contribution in [2.75, 3.05) is 13.7 Å². The van der Waals surface area contributed by atoms with E-state index in [4.69, 9.17) is 16.3 Å². The molecule has 2 nitrogen and oxygen atoms in total. The van der Waals surface area contributed by atoms with E-state index in [1.165, 1.54) is 12.1 Å². The molecule has 0 aromatic heterocycles. The molecule has 0 aliphatic rings. The van der Waals surface area contributed by atoms with Crippen molar-refractivity contribution in [3.05, 3.63) is 52.8 Å². The summed E-state index contributed by atoms with van der Waals surface area (Å²) in [5.74, 6) is 0.394. The summed E-state index contributed by atoms with van der Waals surface area (Å²) in [6, 6.07) is 10.2. The number of benzene rings is 2. The smallest absolute Gasteiger partial charge is 0.127 e. The molecule has 0 saturated heterocycles. The molecule has 106 valence electrons. The van der Waals surface area contributed by atoms with Gasteiger partial charge in [0.25, 0.3) is 0 Å². The van der Waals surface area contributed by atoms with Gasteiger partial charge in [0.15, 0.2) is 0 Å². The number of hydrogen-bond donors (Lipinski definition) is 1. The second-order valence-electron chi connectivity index (χ2n) is 4.42. The molecule has 0 fully saturated rings. The average molecular weight is 294 g/mol. The Kier molecular flexibility index (Phi) is 4.99. The zero-order valence-corrected chi connectivity index (χ0v) is 12.3. The van der Waals surface area contributed by atoms with Crippen LogP contribution in [0.2, 0.25) is 5.02 Å². The minimum atomic E-state index is -0.314. The summed E-state index contributed by atoms with van der Waals surface area (Å²) in [5.41, 5.74) is 2.54. The number of ether oxygens (including phenoxy) is 1. The molecule has 1 N–H and O–H groups in total. The van der Waals surface area contributed by atoms with Gasteiger partial charge in [0.05, 0.1) is 6.61 Å². The second kappa shape index (κ2) is 6.73. The van der Waals surface area contributed by atoms with Gasteiger partial charge in [-0.15, -0.1) is 0 Å². The first-order valence-corrected chi connectivity index (χ1v) is 6.89. The van der Waals surface area contributed by atoms with E-state index in [1.54, 1.807) is 6.07 Å². The van der Waals surface area contributed by atoms with Crippen LogP contribution in [0.4, 0.5) is 4.39 Å². The van der Waals surface area contributed by atoms with E-state index in [0.717, 1.165) is 17.7 Å². The Morgan fingerprint density at radius 1 is 1.15 bits per heavy atom. The summed E-state index contributed by atoms with van der Waals surface area (Å²) in [6.45, 7) is 3.19. The fourth-order valence-corrected chi connectivity index (χ4v) is 2.31. The zero-order chi connectivity index (χ0) is 14.5. The number of rotatable bonds is 5. The van der Waals surface area contributed by atoms with Crippen molar-refractivity contribution in [2.45, 2.75) is 13.5 Å². The standard InChI is InChI=1S/C16H17ClFNO/c1-3-20-16-7-4-11(10-19-2)8-14(16)13-9-12(18)5-6-15(13)17/h4-9,19H,3,10H2,1-2H3. The highest BCUT2D eigenvalue weighted by molar-refractivity contribution is 6.33. The van der Waals surface area contributed by atoms with Gasteiger partial charge in [0.2, 0.25) is 0 Å². The number of halogens is 2. The summed E-state index contributed by atoms with van der Waals surface area (Å²) in [7, 11) is 1.88. The lowest BCUT2D eigenvalue weighted by Crippen LogP contribution is -2.05. The molecule has 0 amide bonds. The van der Waals surface area contributed by atoms with Gasteiger partial charge in [-0.25, -0.2) is 4.39 Å². The van der Waals surface area contributed by atoms with E-state index in [0.29, 0.717) is 22.9 Å². The lowest BCUT2D eigenvalue weighted by molar-refractivity contribution is 0.341. The molecule has 2 rings (SSSR count). The lowest BCUT2D eigenvalue weighted by atomic mass is 10.0. The van der Waals surface area contributed by atoms with Crippen molar-refractivity contribution in [3.8, 4) is 16.9 Å². The Balaban J connectivity index is 2.56. The van der Waals surface area contributed by atoms with E-state index in [9.17, 15) is 4.39 Å². The van der Waals surface area contributed by atoms with Gasteiger partial charge < -0.3 is 10.1 Å². The molecule has 4 heteroatoms. The topological polar surface area (TPSA) is 21.3 Å². The van der Waals surface area contributed by atoms with Gasteiger partial charge in [0, 0.05) is 22.7 Å². The molecule has 0 spiro atoms. The maximum Gasteiger partial charge on any atom is 0.127 e. The number of nitrogens with one attached hydrogen (secondary N) is 1. The van der Waals surface area contributed by atoms with Crippen LogP contribution >= 0.6 is 11.6 Å². The Bertz CT molecular complexity index is 601. The number of hydrogen-bond acceptors (Lipinski definition) is 2. The normalized spacial score (nSPS) is 10.6. The zero-order valence-electron chi connectivity index (χ0n) is 11.5. The predicted molar refractivity (Wildman–Crippen MR) is 80.8 cm³/mol. The van der Waals surface area contributed by atoms with Crippen molar-refractivity contribution in [1.29, 1.82) is 0 Å². The molecule has 0 unspecified atom stereocenters. The van der Waals surface area contributed by atoms with Gasteiger partial charge in [-0.05, 0) is 49.9 Å². The van der Waals surface area contributed by atoms with Crippen molar-refractivity contribution < 1.29 is 9.13 Å². The molecule has 0 saturated carbocycles. The molecule has 0 aliphatic carbocycles. The van der Waals surface area contributed by atoms with Crippen LogP contribution in [-0.4, -0.2) is 13.7 Å². The summed E-state index contributed by atoms with van der Waals surface area (Å²) >= 11 is 6.19. The molecule has 0 radical (unpaired) electrons. The molecule has 0 heterocycles. The van der Waals surface area contributed by atoms with Crippen LogP contribution in [0, 0.1) is 5.82 Å². The van der Waals surface area contributed by atoms with Crippen molar-refractivity contribution in [3.63, 3.8) is 0 Å². The van der Waals surface area contributed by atoms with E-state index in [-0.39, 0.29) is 5.82 Å². The first-order chi connectivity index (χ1) is 9.65. The van der Waals surface area contributed by atoms with Crippen LogP contribution in [0.3, 0.4) is 0 Å². The van der Waals surface area contributed by atoms with Crippen molar-refractivity contribution in [1.82, 2.24) is 5.32 Å². The second-order valence-corrected chi connectivity index (χ2v) is 4.83. The predicted octanol–water partition coefficient (Wildman–Crippen LogP) is 4.26. The summed E-state index contributed by atoms with van der Waals surface area (Å²) in [5, 5.41) is 3.60. The van der Waals surface area contributed by atoms with E-state index >= 15 is 0 Å². The first kappa shape index (κ1) is 14.8. The van der Waals surface area contributed by atoms with Crippen LogP contribution in [0.5, 0.6) is 5.75 Å². The lowest BCUT2D eigenvalue weighted by Gasteiger charge is -2.13. The van der Waals surface area contributed by atoms with Crippen LogP contribution in [0.25, 0.3) is 11.1 Å². The van der Waals surface area contributed by atoms with Crippen LogP contribution < -0.4 is 10.1 Å². The van der Waals surface area contributed by atoms with Gasteiger partial charge in [-0.2, -0.15) is 0 Å². The Labute approximate surface area is 123 Å². The molecule has 0 bridgehead atoms. The maximum absolute atomic E-state index is 13.5. The fourth-order valence-electron chi connectivity index (χ4n) is 2.09. The quantitative estimate of drug-likeness (QED) is 0.889. The van der Waals surface area contributed by atoms with Crippen LogP contribution in [0.15, 0.2) is 36.4 Å². The Morgan fingerprint density at radius 3 is 2.65 bits per heavy atom. The molecular formula is C16H17ClFNO. The monoisotopic (exact) mass is 293 g/mol. The van der Waals surface area contributed by atoms with E-state index in [1.807, 2.05) is 32.2 Å². The summed E-state index contributed by atoms with van der Waals surface area (Å²) in [6.07, 6.45) is 0. The average Bonchev–Trinajstić information content (AvgIpc) is 2.44. The SMILES string of the molecule is CCOc1ccc(CNC)cc1-c1cc(F)ccc1Cl. The summed E-state index contributed by atoms with van der Waals surface area (Å²) < 4.78 is 19.1. The molecule has 20 heavy (non-hydrogen) atoms. The third kappa shape index (κ3) is 3.30. The minimum absolute atomic E-state index is 0.314.